The van der Waals surface area contributed by atoms with Gasteiger partial charge in [-0.05, 0) is 69.0 Å². The van der Waals surface area contributed by atoms with E-state index in [-0.39, 0.29) is 24.2 Å². The first-order valence-corrected chi connectivity index (χ1v) is 12.6. The minimum Gasteiger partial charge on any atom is -0.497 e. The molecule has 0 spiro atoms. The summed E-state index contributed by atoms with van der Waals surface area (Å²) in [6.45, 7) is 5.44. The maximum Gasteiger partial charge on any atom is 0.337 e. The van der Waals surface area contributed by atoms with E-state index >= 15 is 0 Å². The van der Waals surface area contributed by atoms with Gasteiger partial charge in [-0.3, -0.25) is 4.79 Å². The maximum atomic E-state index is 13.9. The molecule has 0 fully saturated rings. The molecular formula is C30H35NO7. The van der Waals surface area contributed by atoms with E-state index in [4.69, 9.17) is 23.7 Å². The molecule has 2 aromatic rings. The van der Waals surface area contributed by atoms with Gasteiger partial charge in [0.2, 0.25) is 0 Å². The van der Waals surface area contributed by atoms with Crippen LogP contribution >= 0.6 is 0 Å². The maximum absolute atomic E-state index is 13.9. The third-order valence-electron chi connectivity index (χ3n) is 7.02. The van der Waals surface area contributed by atoms with Gasteiger partial charge in [-0.2, -0.15) is 0 Å². The molecule has 1 aliphatic heterocycles. The first kappa shape index (κ1) is 27.1. The number of ketones is 1. The number of carbonyl (C=O) groups excluding carboxylic acids is 2. The van der Waals surface area contributed by atoms with Gasteiger partial charge < -0.3 is 29.0 Å². The second kappa shape index (κ2) is 11.2. The summed E-state index contributed by atoms with van der Waals surface area (Å²) in [4.78, 5) is 27.3. The Morgan fingerprint density at radius 3 is 2.21 bits per heavy atom. The molecule has 1 aliphatic carbocycles. The first-order valence-electron chi connectivity index (χ1n) is 12.6. The lowest BCUT2D eigenvalue weighted by atomic mass is 9.71. The summed E-state index contributed by atoms with van der Waals surface area (Å²) in [6, 6.07) is 11.1. The highest BCUT2D eigenvalue weighted by molar-refractivity contribution is 6.04. The highest BCUT2D eigenvalue weighted by Gasteiger charge is 2.43. The van der Waals surface area contributed by atoms with Gasteiger partial charge in [0.05, 0.1) is 46.0 Å². The Morgan fingerprint density at radius 2 is 1.58 bits per heavy atom. The van der Waals surface area contributed by atoms with Crippen molar-refractivity contribution >= 4 is 11.8 Å². The average Bonchev–Trinajstić information content (AvgIpc) is 2.90. The van der Waals surface area contributed by atoms with E-state index in [0.29, 0.717) is 51.8 Å². The highest BCUT2D eigenvalue weighted by Crippen LogP contribution is 2.49. The summed E-state index contributed by atoms with van der Waals surface area (Å²) >= 11 is 0. The van der Waals surface area contributed by atoms with Crippen molar-refractivity contribution in [3.05, 3.63) is 70.1 Å². The summed E-state index contributed by atoms with van der Waals surface area (Å²) in [5, 5.41) is 3.38. The number of benzene rings is 2. The fourth-order valence-corrected chi connectivity index (χ4v) is 5.31. The number of methoxy groups -OCH3 is 4. The first-order chi connectivity index (χ1) is 18.2. The number of hydrogen-bond acceptors (Lipinski definition) is 8. The number of nitrogens with one attached hydrogen (secondary N) is 1. The summed E-state index contributed by atoms with van der Waals surface area (Å²) in [5.74, 6) is 1.15. The van der Waals surface area contributed by atoms with E-state index in [1.54, 1.807) is 54.4 Å². The predicted octanol–water partition coefficient (Wildman–Crippen LogP) is 5.03. The van der Waals surface area contributed by atoms with Gasteiger partial charge in [-0.25, -0.2) is 4.79 Å². The van der Waals surface area contributed by atoms with Gasteiger partial charge in [-0.15, -0.1) is 0 Å². The van der Waals surface area contributed by atoms with E-state index in [0.717, 1.165) is 11.3 Å². The molecule has 1 N–H and O–H groups in total. The van der Waals surface area contributed by atoms with E-state index in [1.165, 1.54) is 0 Å². The molecule has 0 saturated carbocycles. The highest BCUT2D eigenvalue weighted by atomic mass is 16.5. The molecule has 0 bridgehead atoms. The monoisotopic (exact) mass is 521 g/mol. The molecule has 2 aromatic carbocycles. The minimum atomic E-state index is -0.665. The second-order valence-electron chi connectivity index (χ2n) is 9.69. The average molecular weight is 522 g/mol. The lowest BCUT2D eigenvalue weighted by Gasteiger charge is -2.37. The smallest absolute Gasteiger partial charge is 0.337 e. The van der Waals surface area contributed by atoms with Crippen LogP contribution in [-0.2, 0) is 14.3 Å². The lowest BCUT2D eigenvalue weighted by molar-refractivity contribution is -0.143. The van der Waals surface area contributed by atoms with Crippen molar-refractivity contribution in [1.82, 2.24) is 5.32 Å². The molecule has 2 atom stereocenters. The van der Waals surface area contributed by atoms with Gasteiger partial charge in [0.1, 0.15) is 11.5 Å². The number of Topliss-reactive ketones (excluding diaryl/α,β-unsaturated/α-hetero) is 1. The summed E-state index contributed by atoms with van der Waals surface area (Å²) in [7, 11) is 6.33. The zero-order valence-electron chi connectivity index (χ0n) is 23.0. The molecular weight excluding hydrogens is 486 g/mol. The molecule has 0 unspecified atom stereocenters. The molecule has 0 aromatic heterocycles. The number of allylic oxidation sites excluding steroid dienone is 3. The Labute approximate surface area is 223 Å². The molecule has 4 rings (SSSR count). The summed E-state index contributed by atoms with van der Waals surface area (Å²) in [5.41, 5.74) is 4.02. The molecule has 8 nitrogen and oxygen atoms in total. The standard InChI is InChI=1S/C30H35NO7/c1-16(2)38-30(33)27-17(3)31-22-12-19(18-8-10-25(36-6)26(14-18)37-7)13-23(32)29(22)28(27)21-15-20(34-4)9-11-24(21)35-5/h8-11,14-16,19,28,31H,12-13H2,1-7H3/t19-,28+/m0/s1. The Balaban J connectivity index is 1.84. The van der Waals surface area contributed by atoms with Crippen molar-refractivity contribution in [3.8, 4) is 23.0 Å². The Morgan fingerprint density at radius 1 is 0.895 bits per heavy atom. The van der Waals surface area contributed by atoms with Crippen LogP contribution in [0.2, 0.25) is 0 Å². The molecule has 38 heavy (non-hydrogen) atoms. The van der Waals surface area contributed by atoms with E-state index in [2.05, 4.69) is 5.32 Å². The van der Waals surface area contributed by atoms with Crippen LogP contribution in [0, 0.1) is 0 Å². The van der Waals surface area contributed by atoms with Gasteiger partial charge >= 0.3 is 5.97 Å². The van der Waals surface area contributed by atoms with Crippen molar-refractivity contribution in [2.75, 3.05) is 28.4 Å². The number of carbonyl (C=O) groups is 2. The Bertz CT molecular complexity index is 1310. The summed E-state index contributed by atoms with van der Waals surface area (Å²) < 4.78 is 27.7. The van der Waals surface area contributed by atoms with Gasteiger partial charge in [0.25, 0.3) is 0 Å². The van der Waals surface area contributed by atoms with Crippen molar-refractivity contribution in [2.24, 2.45) is 0 Å². The van der Waals surface area contributed by atoms with Gasteiger partial charge in [0, 0.05) is 29.0 Å². The largest absolute Gasteiger partial charge is 0.497 e. The molecule has 8 heteroatoms. The molecule has 0 saturated heterocycles. The second-order valence-corrected chi connectivity index (χ2v) is 9.69. The molecule has 202 valence electrons. The molecule has 1 heterocycles. The quantitative estimate of drug-likeness (QED) is 0.484. The number of ether oxygens (including phenoxy) is 5. The van der Waals surface area contributed by atoms with E-state index in [1.807, 2.05) is 31.2 Å². The lowest BCUT2D eigenvalue weighted by Crippen LogP contribution is -2.36. The number of hydrogen-bond donors (Lipinski definition) is 1. The topological polar surface area (TPSA) is 92.3 Å². The fourth-order valence-electron chi connectivity index (χ4n) is 5.31. The third-order valence-corrected chi connectivity index (χ3v) is 7.02. The van der Waals surface area contributed by atoms with Crippen molar-refractivity contribution in [3.63, 3.8) is 0 Å². The van der Waals surface area contributed by atoms with Crippen LogP contribution in [0.15, 0.2) is 58.9 Å². The van der Waals surface area contributed by atoms with Crippen LogP contribution in [0.1, 0.15) is 56.6 Å². The van der Waals surface area contributed by atoms with Crippen LogP contribution in [-0.4, -0.2) is 46.3 Å². The number of dihydropyridines is 1. The normalized spacial score (nSPS) is 19.1. The van der Waals surface area contributed by atoms with Crippen LogP contribution in [0.25, 0.3) is 0 Å². The molecule has 0 amide bonds. The predicted molar refractivity (Wildman–Crippen MR) is 143 cm³/mol. The van der Waals surface area contributed by atoms with Crippen molar-refractivity contribution in [1.29, 1.82) is 0 Å². The summed E-state index contributed by atoms with van der Waals surface area (Å²) in [6.07, 6.45) is 0.551. The van der Waals surface area contributed by atoms with Crippen LogP contribution < -0.4 is 24.3 Å². The van der Waals surface area contributed by atoms with Crippen molar-refractivity contribution < 1.29 is 33.3 Å². The fraction of sp³-hybridized carbons (Fsp3) is 0.400. The van der Waals surface area contributed by atoms with Crippen LogP contribution in [0.4, 0.5) is 0 Å². The third kappa shape index (κ3) is 5.08. The van der Waals surface area contributed by atoms with E-state index in [9.17, 15) is 9.59 Å². The van der Waals surface area contributed by atoms with Gasteiger partial charge in [-0.1, -0.05) is 6.07 Å². The number of rotatable bonds is 8. The Hall–Kier alpha value is -3.94. The van der Waals surface area contributed by atoms with E-state index < -0.39 is 11.9 Å². The van der Waals surface area contributed by atoms with Crippen LogP contribution in [0.3, 0.4) is 0 Å². The molecule has 2 aliphatic rings. The molecule has 0 radical (unpaired) electrons. The SMILES string of the molecule is COc1ccc(OC)c([C@@H]2C(C(=O)OC(C)C)=C(C)NC3=C2C(=O)C[C@@H](c2ccc(OC)c(OC)c2)C3)c1. The zero-order valence-corrected chi connectivity index (χ0v) is 23.0. The van der Waals surface area contributed by atoms with Crippen LogP contribution in [0.5, 0.6) is 23.0 Å². The minimum absolute atomic E-state index is 0.0456. The van der Waals surface area contributed by atoms with Gasteiger partial charge in [0.15, 0.2) is 17.3 Å². The Kier molecular flexibility index (Phi) is 7.99. The zero-order chi connectivity index (χ0) is 27.6. The number of esters is 1. The van der Waals surface area contributed by atoms with Crippen molar-refractivity contribution in [2.45, 2.75) is 51.6 Å².